The Morgan fingerprint density at radius 2 is 1.83 bits per heavy atom. The van der Waals surface area contributed by atoms with Crippen molar-refractivity contribution >= 4 is 22.0 Å². The predicted octanol–water partition coefficient (Wildman–Crippen LogP) is 0.394. The molecule has 0 aromatic heterocycles. The van der Waals surface area contributed by atoms with Crippen LogP contribution in [0.2, 0.25) is 0 Å². The molecule has 23 heavy (non-hydrogen) atoms. The number of hydrogen-bond donors (Lipinski definition) is 1. The Labute approximate surface area is 138 Å². The van der Waals surface area contributed by atoms with Gasteiger partial charge in [0.05, 0.1) is 6.54 Å². The first-order valence-corrected chi connectivity index (χ1v) is 9.25. The number of hydrogen-bond acceptors (Lipinski definition) is 5. The molecule has 0 bridgehead atoms. The van der Waals surface area contributed by atoms with Crippen molar-refractivity contribution in [3.63, 3.8) is 0 Å². The van der Waals surface area contributed by atoms with Crippen LogP contribution < -0.4 is 5.32 Å². The summed E-state index contributed by atoms with van der Waals surface area (Å²) >= 11 is 0. The van der Waals surface area contributed by atoms with Gasteiger partial charge >= 0.3 is 6.09 Å². The molecule has 0 unspecified atom stereocenters. The lowest BCUT2D eigenvalue weighted by Gasteiger charge is -2.40. The Morgan fingerprint density at radius 3 is 2.26 bits per heavy atom. The van der Waals surface area contributed by atoms with Gasteiger partial charge in [-0.15, -0.1) is 0 Å². The molecule has 0 aliphatic carbocycles. The van der Waals surface area contributed by atoms with Crippen molar-refractivity contribution < 1.29 is 22.7 Å². The molecule has 0 saturated carbocycles. The maximum atomic E-state index is 12.5. The van der Waals surface area contributed by atoms with E-state index in [-0.39, 0.29) is 32.1 Å². The van der Waals surface area contributed by atoms with E-state index in [4.69, 9.17) is 4.74 Å². The molecule has 1 aliphatic rings. The van der Waals surface area contributed by atoms with E-state index in [0.29, 0.717) is 6.54 Å². The van der Waals surface area contributed by atoms with Gasteiger partial charge in [-0.3, -0.25) is 4.79 Å². The van der Waals surface area contributed by atoms with Crippen LogP contribution in [0.3, 0.4) is 0 Å². The number of likely N-dealkylation sites (tertiary alicyclic amines) is 1. The molecule has 134 valence electrons. The molecule has 0 spiro atoms. The quantitative estimate of drug-likeness (QED) is 0.748. The van der Waals surface area contributed by atoms with E-state index in [1.807, 2.05) is 0 Å². The lowest BCUT2D eigenvalue weighted by Crippen LogP contribution is -2.61. The van der Waals surface area contributed by atoms with Crippen molar-refractivity contribution in [3.05, 3.63) is 0 Å². The molecule has 1 saturated heterocycles. The minimum absolute atomic E-state index is 0.0865. The number of ether oxygens (including phenoxy) is 1. The Bertz CT molecular complexity index is 535. The Hall–Kier alpha value is -1.35. The highest BCUT2D eigenvalue weighted by Crippen LogP contribution is 2.22. The second-order valence-corrected chi connectivity index (χ2v) is 8.64. The molecule has 2 amide bonds. The number of nitrogens with zero attached hydrogens (tertiary/aromatic N) is 2. The second-order valence-electron chi connectivity index (χ2n) is 6.43. The average molecular weight is 349 g/mol. The summed E-state index contributed by atoms with van der Waals surface area (Å²) < 4.78 is 31.4. The highest BCUT2D eigenvalue weighted by molar-refractivity contribution is 7.89. The van der Waals surface area contributed by atoms with Crippen LogP contribution in [0.15, 0.2) is 0 Å². The Morgan fingerprint density at radius 1 is 1.26 bits per heavy atom. The maximum absolute atomic E-state index is 12.5. The molecule has 0 aromatic carbocycles. The number of amides is 2. The van der Waals surface area contributed by atoms with Gasteiger partial charge in [0.2, 0.25) is 15.9 Å². The maximum Gasteiger partial charge on any atom is 0.410 e. The summed E-state index contributed by atoms with van der Waals surface area (Å²) in [6, 6.07) is 0. The minimum atomic E-state index is -3.61. The van der Waals surface area contributed by atoms with Gasteiger partial charge in [0.15, 0.2) is 0 Å². The fourth-order valence-electron chi connectivity index (χ4n) is 2.11. The standard InChI is InChI=1S/C14H27N3O5S/c1-6-15-12(18)10-17(7-2)23(20,21)11-8-16(9-11)13(19)22-14(3,4)5/h11H,6-10H2,1-5H3,(H,15,18). The first-order valence-electron chi connectivity index (χ1n) is 7.74. The van der Waals surface area contributed by atoms with E-state index in [0.717, 1.165) is 4.31 Å². The number of likely N-dealkylation sites (N-methyl/N-ethyl adjacent to an activating group) is 2. The molecule has 9 heteroatoms. The van der Waals surface area contributed by atoms with Gasteiger partial charge < -0.3 is 15.0 Å². The van der Waals surface area contributed by atoms with Crippen LogP contribution in [-0.2, 0) is 19.6 Å². The number of carbonyl (C=O) groups excluding carboxylic acids is 2. The number of nitrogens with one attached hydrogen (secondary N) is 1. The smallest absolute Gasteiger partial charge is 0.410 e. The number of rotatable bonds is 6. The van der Waals surface area contributed by atoms with Gasteiger partial charge in [-0.2, -0.15) is 4.31 Å². The van der Waals surface area contributed by atoms with Crippen LogP contribution in [0.5, 0.6) is 0 Å². The van der Waals surface area contributed by atoms with E-state index in [1.54, 1.807) is 34.6 Å². The van der Waals surface area contributed by atoms with Gasteiger partial charge in [-0.1, -0.05) is 6.92 Å². The summed E-state index contributed by atoms with van der Waals surface area (Å²) in [5, 5.41) is 1.89. The summed E-state index contributed by atoms with van der Waals surface area (Å²) in [5.41, 5.74) is -0.616. The Kier molecular flexibility index (Phi) is 6.41. The van der Waals surface area contributed by atoms with E-state index >= 15 is 0 Å². The van der Waals surface area contributed by atoms with Crippen molar-refractivity contribution in [3.8, 4) is 0 Å². The monoisotopic (exact) mass is 349 g/mol. The third kappa shape index (κ3) is 5.35. The lowest BCUT2D eigenvalue weighted by molar-refractivity contribution is -0.121. The second kappa shape index (κ2) is 7.48. The van der Waals surface area contributed by atoms with E-state index in [1.165, 1.54) is 4.90 Å². The van der Waals surface area contributed by atoms with Gasteiger partial charge in [0, 0.05) is 26.2 Å². The molecule has 0 aromatic rings. The van der Waals surface area contributed by atoms with Crippen LogP contribution in [0, 0.1) is 0 Å². The molecule has 1 fully saturated rings. The van der Waals surface area contributed by atoms with E-state index in [9.17, 15) is 18.0 Å². The van der Waals surface area contributed by atoms with Crippen LogP contribution >= 0.6 is 0 Å². The van der Waals surface area contributed by atoms with Gasteiger partial charge in [-0.05, 0) is 27.7 Å². The molecule has 8 nitrogen and oxygen atoms in total. The van der Waals surface area contributed by atoms with Gasteiger partial charge in [-0.25, -0.2) is 13.2 Å². The van der Waals surface area contributed by atoms with Crippen molar-refractivity contribution in [2.45, 2.75) is 45.5 Å². The van der Waals surface area contributed by atoms with Crippen LogP contribution in [0.1, 0.15) is 34.6 Å². The molecule has 0 radical (unpaired) electrons. The summed E-state index contributed by atoms with van der Waals surface area (Å²) in [5.74, 6) is -0.332. The molecular formula is C14H27N3O5S. The zero-order valence-electron chi connectivity index (χ0n) is 14.5. The third-order valence-corrected chi connectivity index (χ3v) is 5.58. The van der Waals surface area contributed by atoms with Crippen molar-refractivity contribution in [2.24, 2.45) is 0 Å². The third-order valence-electron chi connectivity index (χ3n) is 3.33. The van der Waals surface area contributed by atoms with Crippen LogP contribution in [0.4, 0.5) is 4.79 Å². The van der Waals surface area contributed by atoms with Gasteiger partial charge in [0.25, 0.3) is 0 Å². The predicted molar refractivity (Wildman–Crippen MR) is 86.4 cm³/mol. The van der Waals surface area contributed by atoms with Crippen LogP contribution in [-0.4, -0.2) is 73.2 Å². The zero-order chi connectivity index (χ0) is 17.8. The summed E-state index contributed by atoms with van der Waals surface area (Å²) in [6.07, 6.45) is -0.518. The molecule has 1 aliphatic heterocycles. The zero-order valence-corrected chi connectivity index (χ0v) is 15.3. The number of carbonyl (C=O) groups is 2. The van der Waals surface area contributed by atoms with Crippen molar-refractivity contribution in [1.82, 2.24) is 14.5 Å². The lowest BCUT2D eigenvalue weighted by atomic mass is 10.2. The summed E-state index contributed by atoms with van der Waals surface area (Å²) in [4.78, 5) is 24.8. The van der Waals surface area contributed by atoms with Gasteiger partial charge in [0.1, 0.15) is 10.9 Å². The van der Waals surface area contributed by atoms with E-state index < -0.39 is 27.0 Å². The van der Waals surface area contributed by atoms with Crippen molar-refractivity contribution in [2.75, 3.05) is 32.7 Å². The normalized spacial score (nSPS) is 16.2. The topological polar surface area (TPSA) is 96.0 Å². The fraction of sp³-hybridized carbons (Fsp3) is 0.857. The average Bonchev–Trinajstić information content (AvgIpc) is 2.31. The minimum Gasteiger partial charge on any atom is -0.444 e. The van der Waals surface area contributed by atoms with E-state index in [2.05, 4.69) is 5.32 Å². The van der Waals surface area contributed by atoms with Crippen molar-refractivity contribution in [1.29, 1.82) is 0 Å². The molecular weight excluding hydrogens is 322 g/mol. The molecule has 0 atom stereocenters. The SMILES string of the molecule is CCNC(=O)CN(CC)S(=O)(=O)C1CN(C(=O)OC(C)(C)C)C1. The Balaban J connectivity index is 2.62. The highest BCUT2D eigenvalue weighted by atomic mass is 32.2. The fourth-order valence-corrected chi connectivity index (χ4v) is 3.92. The largest absolute Gasteiger partial charge is 0.444 e. The summed E-state index contributed by atoms with van der Waals surface area (Å²) in [7, 11) is -3.61. The first kappa shape index (κ1) is 19.7. The molecule has 1 heterocycles. The number of sulfonamides is 1. The van der Waals surface area contributed by atoms with Crippen LogP contribution in [0.25, 0.3) is 0 Å². The molecule has 1 N–H and O–H groups in total. The molecule has 1 rings (SSSR count). The highest BCUT2D eigenvalue weighted by Gasteiger charge is 2.44. The first-order chi connectivity index (χ1) is 10.5. The summed E-state index contributed by atoms with van der Waals surface area (Å²) in [6.45, 7) is 9.35.